The Bertz CT molecular complexity index is 388. The van der Waals surface area contributed by atoms with E-state index in [9.17, 15) is 0 Å². The van der Waals surface area contributed by atoms with Gasteiger partial charge in [-0.1, -0.05) is 25.1 Å². The summed E-state index contributed by atoms with van der Waals surface area (Å²) >= 11 is 0. The van der Waals surface area contributed by atoms with Gasteiger partial charge in [-0.05, 0) is 44.7 Å². The maximum atomic E-state index is 6.08. The molecule has 3 nitrogen and oxygen atoms in total. The lowest BCUT2D eigenvalue weighted by atomic mass is 10.0. The normalized spacial score (nSPS) is 17.9. The van der Waals surface area contributed by atoms with Crippen molar-refractivity contribution in [1.82, 2.24) is 5.32 Å². The van der Waals surface area contributed by atoms with Crippen LogP contribution in [0.1, 0.15) is 44.7 Å². The van der Waals surface area contributed by atoms with E-state index in [1.165, 1.54) is 5.56 Å². The van der Waals surface area contributed by atoms with Crippen LogP contribution in [0.15, 0.2) is 24.3 Å². The highest BCUT2D eigenvalue weighted by Gasteiger charge is 2.16. The van der Waals surface area contributed by atoms with Gasteiger partial charge in [0, 0.05) is 24.8 Å². The monoisotopic (exact) mass is 277 g/mol. The van der Waals surface area contributed by atoms with Crippen molar-refractivity contribution in [2.24, 2.45) is 5.92 Å². The van der Waals surface area contributed by atoms with Gasteiger partial charge >= 0.3 is 0 Å². The predicted octanol–water partition coefficient (Wildman–Crippen LogP) is 3.55. The summed E-state index contributed by atoms with van der Waals surface area (Å²) < 4.78 is 11.5. The fourth-order valence-corrected chi connectivity index (χ4v) is 2.56. The quantitative estimate of drug-likeness (QED) is 0.826. The highest BCUT2D eigenvalue weighted by molar-refractivity contribution is 5.35. The molecule has 1 N–H and O–H groups in total. The third-order valence-electron chi connectivity index (χ3n) is 3.90. The number of ether oxygens (including phenoxy) is 2. The van der Waals surface area contributed by atoms with Crippen LogP contribution in [-0.2, 0) is 4.74 Å². The summed E-state index contributed by atoms with van der Waals surface area (Å²) in [5, 5.41) is 3.53. The minimum absolute atomic E-state index is 0.334. The first-order valence-electron chi connectivity index (χ1n) is 7.84. The molecule has 1 heterocycles. The summed E-state index contributed by atoms with van der Waals surface area (Å²) in [5.74, 6) is 1.66. The number of hydrogen-bond acceptors (Lipinski definition) is 3. The topological polar surface area (TPSA) is 30.5 Å². The van der Waals surface area contributed by atoms with Crippen LogP contribution in [0, 0.1) is 5.92 Å². The minimum Gasteiger partial charge on any atom is -0.493 e. The molecule has 0 bridgehead atoms. The Kier molecular flexibility index (Phi) is 6.34. The molecule has 0 aromatic heterocycles. The molecule has 1 atom stereocenters. The van der Waals surface area contributed by atoms with Gasteiger partial charge in [0.2, 0.25) is 0 Å². The van der Waals surface area contributed by atoms with Crippen LogP contribution < -0.4 is 10.1 Å². The highest BCUT2D eigenvalue weighted by atomic mass is 16.5. The van der Waals surface area contributed by atoms with Crippen molar-refractivity contribution in [3.63, 3.8) is 0 Å². The Hall–Kier alpha value is -1.06. The van der Waals surface area contributed by atoms with Crippen LogP contribution in [0.3, 0.4) is 0 Å². The lowest BCUT2D eigenvalue weighted by Gasteiger charge is -2.24. The van der Waals surface area contributed by atoms with E-state index < -0.39 is 0 Å². The molecular formula is C17H27NO2. The molecule has 3 heteroatoms. The van der Waals surface area contributed by atoms with Crippen LogP contribution in [0.5, 0.6) is 5.75 Å². The molecule has 0 radical (unpaired) electrons. The first-order chi connectivity index (χ1) is 9.81. The molecule has 20 heavy (non-hydrogen) atoms. The second-order valence-corrected chi connectivity index (χ2v) is 5.58. The van der Waals surface area contributed by atoms with Crippen molar-refractivity contribution in [3.05, 3.63) is 29.8 Å². The first-order valence-corrected chi connectivity index (χ1v) is 7.84. The highest BCUT2D eigenvalue weighted by Crippen LogP contribution is 2.26. The maximum absolute atomic E-state index is 6.08. The van der Waals surface area contributed by atoms with Crippen molar-refractivity contribution in [2.75, 3.05) is 26.4 Å². The summed E-state index contributed by atoms with van der Waals surface area (Å²) in [6.07, 6.45) is 3.38. The van der Waals surface area contributed by atoms with Gasteiger partial charge in [0.05, 0.1) is 6.61 Å². The van der Waals surface area contributed by atoms with Gasteiger partial charge in [-0.25, -0.2) is 0 Å². The molecule has 0 aliphatic carbocycles. The molecule has 0 amide bonds. The fourth-order valence-electron chi connectivity index (χ4n) is 2.56. The van der Waals surface area contributed by atoms with E-state index in [-0.39, 0.29) is 0 Å². The van der Waals surface area contributed by atoms with E-state index in [0.29, 0.717) is 12.0 Å². The average Bonchev–Trinajstić information content (AvgIpc) is 2.52. The molecule has 1 aromatic carbocycles. The zero-order valence-corrected chi connectivity index (χ0v) is 12.7. The largest absolute Gasteiger partial charge is 0.493 e. The molecule has 1 aliphatic rings. The minimum atomic E-state index is 0.334. The zero-order valence-electron chi connectivity index (χ0n) is 12.7. The second kappa shape index (κ2) is 8.28. The molecule has 112 valence electrons. The number of para-hydroxylation sites is 1. The first kappa shape index (κ1) is 15.3. The Balaban J connectivity index is 1.92. The Labute approximate surface area is 122 Å². The summed E-state index contributed by atoms with van der Waals surface area (Å²) in [7, 11) is 0. The van der Waals surface area contributed by atoms with E-state index in [2.05, 4.69) is 43.4 Å². The summed E-state index contributed by atoms with van der Waals surface area (Å²) in [4.78, 5) is 0. The molecule has 0 spiro atoms. The summed E-state index contributed by atoms with van der Waals surface area (Å²) in [5.41, 5.74) is 1.26. The summed E-state index contributed by atoms with van der Waals surface area (Å²) in [6.45, 7) is 7.99. The lowest BCUT2D eigenvalue weighted by molar-refractivity contribution is 0.0495. The van der Waals surface area contributed by atoms with Crippen LogP contribution in [0.25, 0.3) is 0 Å². The number of rotatable bonds is 7. The molecule has 1 aromatic rings. The van der Waals surface area contributed by atoms with Crippen LogP contribution >= 0.6 is 0 Å². The molecule has 1 fully saturated rings. The van der Waals surface area contributed by atoms with Gasteiger partial charge in [-0.3, -0.25) is 0 Å². The lowest BCUT2D eigenvalue weighted by Crippen LogP contribution is -2.23. The van der Waals surface area contributed by atoms with E-state index in [1.807, 2.05) is 0 Å². The fraction of sp³-hybridized carbons (Fsp3) is 0.647. The molecule has 0 saturated carbocycles. The number of hydrogen-bond donors (Lipinski definition) is 1. The van der Waals surface area contributed by atoms with Crippen molar-refractivity contribution >= 4 is 0 Å². The van der Waals surface area contributed by atoms with Crippen molar-refractivity contribution in [3.8, 4) is 5.75 Å². The van der Waals surface area contributed by atoms with E-state index in [4.69, 9.17) is 9.47 Å². The molecule has 1 aliphatic heterocycles. The van der Waals surface area contributed by atoms with E-state index >= 15 is 0 Å². The van der Waals surface area contributed by atoms with Crippen LogP contribution in [0.4, 0.5) is 0 Å². The van der Waals surface area contributed by atoms with Gasteiger partial charge in [0.1, 0.15) is 5.75 Å². The number of benzene rings is 1. The van der Waals surface area contributed by atoms with Crippen molar-refractivity contribution in [2.45, 2.75) is 39.2 Å². The van der Waals surface area contributed by atoms with Crippen molar-refractivity contribution < 1.29 is 9.47 Å². The Morgan fingerprint density at radius 2 is 2.05 bits per heavy atom. The van der Waals surface area contributed by atoms with Gasteiger partial charge < -0.3 is 14.8 Å². The van der Waals surface area contributed by atoms with Gasteiger partial charge in [0.15, 0.2) is 0 Å². The van der Waals surface area contributed by atoms with Gasteiger partial charge in [0.25, 0.3) is 0 Å². The molecular weight excluding hydrogens is 250 g/mol. The summed E-state index contributed by atoms with van der Waals surface area (Å²) in [6, 6.07) is 8.71. The third-order valence-corrected chi connectivity index (χ3v) is 3.90. The van der Waals surface area contributed by atoms with Gasteiger partial charge in [-0.15, -0.1) is 0 Å². The number of nitrogens with one attached hydrogen (secondary N) is 1. The SMILES string of the molecule is CCCNC(C)c1ccccc1OCC1CCOCC1. The second-order valence-electron chi connectivity index (χ2n) is 5.58. The molecule has 2 rings (SSSR count). The standard InChI is InChI=1S/C17H27NO2/c1-3-10-18-14(2)16-6-4-5-7-17(16)20-13-15-8-11-19-12-9-15/h4-7,14-15,18H,3,8-13H2,1-2H3. The third kappa shape index (κ3) is 4.50. The molecule has 1 unspecified atom stereocenters. The Morgan fingerprint density at radius 1 is 1.30 bits per heavy atom. The predicted molar refractivity (Wildman–Crippen MR) is 82.2 cm³/mol. The van der Waals surface area contributed by atoms with Gasteiger partial charge in [-0.2, -0.15) is 0 Å². The zero-order chi connectivity index (χ0) is 14.2. The maximum Gasteiger partial charge on any atom is 0.124 e. The van der Waals surface area contributed by atoms with E-state index in [1.54, 1.807) is 0 Å². The Morgan fingerprint density at radius 3 is 2.80 bits per heavy atom. The van der Waals surface area contributed by atoms with Crippen LogP contribution in [0.2, 0.25) is 0 Å². The smallest absolute Gasteiger partial charge is 0.124 e. The van der Waals surface area contributed by atoms with Crippen LogP contribution in [-0.4, -0.2) is 26.4 Å². The van der Waals surface area contributed by atoms with Crippen molar-refractivity contribution in [1.29, 1.82) is 0 Å². The molecule has 1 saturated heterocycles. The average molecular weight is 277 g/mol. The van der Waals surface area contributed by atoms with E-state index in [0.717, 1.165) is 51.4 Å².